The third-order valence-electron chi connectivity index (χ3n) is 3.07. The first kappa shape index (κ1) is 14.2. The molecule has 4 heteroatoms. The van der Waals surface area contributed by atoms with Gasteiger partial charge in [0.1, 0.15) is 11.4 Å². The number of aliphatic imine (C=N–C) groups is 1. The van der Waals surface area contributed by atoms with Gasteiger partial charge < -0.3 is 4.74 Å². The van der Waals surface area contributed by atoms with Gasteiger partial charge in [-0.3, -0.25) is 15.0 Å². The lowest BCUT2D eigenvalue weighted by Gasteiger charge is -2.06. The van der Waals surface area contributed by atoms with Gasteiger partial charge in [0, 0.05) is 12.7 Å². The maximum atomic E-state index is 5.33. The predicted molar refractivity (Wildman–Crippen MR) is 80.5 cm³/mol. The second kappa shape index (κ2) is 6.80. The summed E-state index contributed by atoms with van der Waals surface area (Å²) in [6.07, 6.45) is 4.37. The van der Waals surface area contributed by atoms with Crippen molar-refractivity contribution in [1.29, 1.82) is 0 Å². The summed E-state index contributed by atoms with van der Waals surface area (Å²) in [6.45, 7) is 4.59. The van der Waals surface area contributed by atoms with Crippen LogP contribution < -0.4 is 4.74 Å². The zero-order valence-electron chi connectivity index (χ0n) is 12.1. The molecular weight excluding hydrogens is 250 g/mol. The Kier molecular flexibility index (Phi) is 4.82. The Morgan fingerprint density at radius 2 is 2.00 bits per heavy atom. The number of ether oxygens (including phenoxy) is 1. The molecule has 0 spiro atoms. The Balaban J connectivity index is 2.00. The summed E-state index contributed by atoms with van der Waals surface area (Å²) in [7, 11) is 1.69. The summed E-state index contributed by atoms with van der Waals surface area (Å²) < 4.78 is 5.33. The lowest BCUT2D eigenvalue weighted by molar-refractivity contribution is 0.410. The molecule has 0 aliphatic heterocycles. The summed E-state index contributed by atoms with van der Waals surface area (Å²) in [5, 5.41) is 0. The van der Waals surface area contributed by atoms with Crippen LogP contribution in [0.1, 0.15) is 23.9 Å². The number of para-hydroxylation sites is 1. The van der Waals surface area contributed by atoms with Crippen molar-refractivity contribution in [1.82, 2.24) is 9.97 Å². The first-order valence-corrected chi connectivity index (χ1v) is 6.62. The van der Waals surface area contributed by atoms with Gasteiger partial charge in [-0.2, -0.15) is 0 Å². The van der Waals surface area contributed by atoms with Crippen molar-refractivity contribution >= 4 is 5.71 Å². The van der Waals surface area contributed by atoms with E-state index in [0.29, 0.717) is 6.54 Å². The molecule has 1 aromatic heterocycles. The van der Waals surface area contributed by atoms with Crippen LogP contribution in [-0.2, 0) is 6.42 Å². The van der Waals surface area contributed by atoms with Gasteiger partial charge in [-0.25, -0.2) is 0 Å². The minimum atomic E-state index is 0.710. The number of benzene rings is 1. The quantitative estimate of drug-likeness (QED) is 0.784. The average molecular weight is 269 g/mol. The number of hydrogen-bond acceptors (Lipinski definition) is 4. The van der Waals surface area contributed by atoms with Crippen molar-refractivity contribution in [3.63, 3.8) is 0 Å². The topological polar surface area (TPSA) is 47.4 Å². The maximum absolute atomic E-state index is 5.33. The minimum absolute atomic E-state index is 0.710. The zero-order valence-corrected chi connectivity index (χ0v) is 12.1. The van der Waals surface area contributed by atoms with Gasteiger partial charge in [0.2, 0.25) is 0 Å². The second-order valence-electron chi connectivity index (χ2n) is 4.57. The highest BCUT2D eigenvalue weighted by molar-refractivity contribution is 5.96. The van der Waals surface area contributed by atoms with E-state index in [9.17, 15) is 0 Å². The molecule has 0 aliphatic carbocycles. The average Bonchev–Trinajstić information content (AvgIpc) is 2.48. The normalized spacial score (nSPS) is 11.4. The fourth-order valence-electron chi connectivity index (χ4n) is 1.91. The van der Waals surface area contributed by atoms with E-state index in [2.05, 4.69) is 21.0 Å². The molecule has 0 saturated heterocycles. The number of hydrogen-bond donors (Lipinski definition) is 0. The van der Waals surface area contributed by atoms with E-state index in [1.165, 1.54) is 5.56 Å². The Labute approximate surface area is 119 Å². The number of rotatable bonds is 5. The van der Waals surface area contributed by atoms with Crippen molar-refractivity contribution in [2.75, 3.05) is 13.7 Å². The lowest BCUT2D eigenvalue weighted by atomic mass is 10.1. The van der Waals surface area contributed by atoms with E-state index in [1.807, 2.05) is 32.0 Å². The minimum Gasteiger partial charge on any atom is -0.496 e. The number of aryl methyl sites for hydroxylation is 1. The molecule has 0 fully saturated rings. The van der Waals surface area contributed by atoms with Gasteiger partial charge in [-0.15, -0.1) is 0 Å². The van der Waals surface area contributed by atoms with Crippen molar-refractivity contribution in [2.45, 2.75) is 20.3 Å². The molecule has 2 aromatic rings. The molecule has 1 heterocycles. The predicted octanol–water partition coefficient (Wildman–Crippen LogP) is 2.85. The van der Waals surface area contributed by atoms with E-state index in [4.69, 9.17) is 4.74 Å². The van der Waals surface area contributed by atoms with E-state index in [-0.39, 0.29) is 0 Å². The van der Waals surface area contributed by atoms with E-state index < -0.39 is 0 Å². The van der Waals surface area contributed by atoms with E-state index in [0.717, 1.165) is 29.3 Å². The van der Waals surface area contributed by atoms with Crippen molar-refractivity contribution < 1.29 is 4.74 Å². The SMILES string of the molecule is COc1ccccc1CCN=C(C)c1cnc(C)cn1. The molecule has 1 aromatic carbocycles. The third-order valence-corrected chi connectivity index (χ3v) is 3.07. The molecule has 0 amide bonds. The molecule has 0 aliphatic rings. The lowest BCUT2D eigenvalue weighted by Crippen LogP contribution is -2.03. The number of aromatic nitrogens is 2. The van der Waals surface area contributed by atoms with Crippen LogP contribution >= 0.6 is 0 Å². The van der Waals surface area contributed by atoms with E-state index in [1.54, 1.807) is 19.5 Å². The molecule has 4 nitrogen and oxygen atoms in total. The van der Waals surface area contributed by atoms with Crippen LogP contribution in [0.4, 0.5) is 0 Å². The van der Waals surface area contributed by atoms with Gasteiger partial charge in [0.05, 0.1) is 24.7 Å². The Hall–Kier alpha value is -2.23. The summed E-state index contributed by atoms with van der Waals surface area (Å²) in [5.74, 6) is 0.912. The second-order valence-corrected chi connectivity index (χ2v) is 4.57. The zero-order chi connectivity index (χ0) is 14.4. The summed E-state index contributed by atoms with van der Waals surface area (Å²) >= 11 is 0. The molecule has 0 atom stereocenters. The first-order valence-electron chi connectivity index (χ1n) is 6.62. The van der Waals surface area contributed by atoms with Crippen LogP contribution in [0.3, 0.4) is 0 Å². The summed E-state index contributed by atoms with van der Waals surface area (Å²) in [4.78, 5) is 13.1. The van der Waals surface area contributed by atoms with Crippen molar-refractivity contribution in [2.24, 2.45) is 4.99 Å². The summed E-state index contributed by atoms with van der Waals surface area (Å²) in [5.41, 5.74) is 3.82. The first-order chi connectivity index (χ1) is 9.70. The molecule has 20 heavy (non-hydrogen) atoms. The van der Waals surface area contributed by atoms with E-state index >= 15 is 0 Å². The Morgan fingerprint density at radius 1 is 1.20 bits per heavy atom. The van der Waals surface area contributed by atoms with Crippen LogP contribution in [0.5, 0.6) is 5.75 Å². The number of methoxy groups -OCH3 is 1. The van der Waals surface area contributed by atoms with Gasteiger partial charge in [-0.05, 0) is 31.9 Å². The maximum Gasteiger partial charge on any atom is 0.122 e. The molecule has 2 rings (SSSR count). The van der Waals surface area contributed by atoms with Crippen molar-refractivity contribution in [3.05, 3.63) is 53.6 Å². The molecule has 0 unspecified atom stereocenters. The highest BCUT2D eigenvalue weighted by Crippen LogP contribution is 2.17. The third kappa shape index (κ3) is 3.63. The van der Waals surface area contributed by atoms with Crippen LogP contribution in [0.25, 0.3) is 0 Å². The van der Waals surface area contributed by atoms with Crippen LogP contribution in [0.15, 0.2) is 41.7 Å². The monoisotopic (exact) mass is 269 g/mol. The Morgan fingerprint density at radius 3 is 2.70 bits per heavy atom. The van der Waals surface area contributed by atoms with Gasteiger partial charge >= 0.3 is 0 Å². The molecular formula is C16H19N3O. The highest BCUT2D eigenvalue weighted by atomic mass is 16.5. The molecule has 0 bridgehead atoms. The standard InChI is InChI=1S/C16H19N3O/c1-12-10-19-15(11-18-12)13(2)17-9-8-14-6-4-5-7-16(14)20-3/h4-7,10-11H,8-9H2,1-3H3. The van der Waals surface area contributed by atoms with Gasteiger partial charge in [0.15, 0.2) is 0 Å². The van der Waals surface area contributed by atoms with Crippen LogP contribution in [-0.4, -0.2) is 29.3 Å². The fourth-order valence-corrected chi connectivity index (χ4v) is 1.91. The van der Waals surface area contributed by atoms with Crippen LogP contribution in [0.2, 0.25) is 0 Å². The van der Waals surface area contributed by atoms with Gasteiger partial charge in [-0.1, -0.05) is 18.2 Å². The highest BCUT2D eigenvalue weighted by Gasteiger charge is 2.02. The van der Waals surface area contributed by atoms with Crippen molar-refractivity contribution in [3.8, 4) is 5.75 Å². The molecule has 0 N–H and O–H groups in total. The molecule has 0 saturated carbocycles. The largest absolute Gasteiger partial charge is 0.496 e. The van der Waals surface area contributed by atoms with Crippen LogP contribution in [0, 0.1) is 6.92 Å². The smallest absolute Gasteiger partial charge is 0.122 e. The number of nitrogens with zero attached hydrogens (tertiary/aromatic N) is 3. The summed E-state index contributed by atoms with van der Waals surface area (Å²) in [6, 6.07) is 8.02. The molecule has 104 valence electrons. The molecule has 0 radical (unpaired) electrons. The fraction of sp³-hybridized carbons (Fsp3) is 0.312. The Bertz CT molecular complexity index is 591. The van der Waals surface area contributed by atoms with Gasteiger partial charge in [0.25, 0.3) is 0 Å².